The molecule has 1 aromatic heterocycles. The van der Waals surface area contributed by atoms with E-state index in [-0.39, 0.29) is 11.6 Å². The van der Waals surface area contributed by atoms with Gasteiger partial charge in [0, 0.05) is 12.7 Å². The number of carboxylic acids is 1. The summed E-state index contributed by atoms with van der Waals surface area (Å²) in [4.78, 5) is 25.4. The molecule has 0 radical (unpaired) electrons. The second-order valence-electron chi connectivity index (χ2n) is 3.07. The summed E-state index contributed by atoms with van der Waals surface area (Å²) in [6, 6.07) is 3.05. The monoisotopic (exact) mass is 240 g/mol. The van der Waals surface area contributed by atoms with Gasteiger partial charge in [0.15, 0.2) is 0 Å². The van der Waals surface area contributed by atoms with Crippen LogP contribution in [0.15, 0.2) is 18.3 Å². The van der Waals surface area contributed by atoms with E-state index in [1.165, 1.54) is 24.0 Å². The maximum atomic E-state index is 11.1. The smallest absolute Gasteiger partial charge is 0.354 e. The van der Waals surface area contributed by atoms with Gasteiger partial charge in [0.2, 0.25) is 5.91 Å². The zero-order valence-electron chi connectivity index (χ0n) is 8.77. The number of carboxylic acid groups (broad SMARTS) is 1. The standard InChI is InChI=1S/C10H12N2O3S/c1-16-6-9(13)12-5-7-2-3-8(10(14)15)11-4-7/h2-4H,5-6H2,1H3,(H,12,13)(H,14,15). The summed E-state index contributed by atoms with van der Waals surface area (Å²) >= 11 is 1.45. The molecular formula is C10H12N2O3S. The van der Waals surface area contributed by atoms with E-state index in [2.05, 4.69) is 10.3 Å². The van der Waals surface area contributed by atoms with Gasteiger partial charge in [-0.2, -0.15) is 11.8 Å². The molecule has 0 aromatic carbocycles. The van der Waals surface area contributed by atoms with Crippen molar-refractivity contribution < 1.29 is 14.7 Å². The molecule has 0 saturated carbocycles. The lowest BCUT2D eigenvalue weighted by Crippen LogP contribution is -2.24. The van der Waals surface area contributed by atoms with Gasteiger partial charge in [-0.15, -0.1) is 0 Å². The summed E-state index contributed by atoms with van der Waals surface area (Å²) in [5.74, 6) is -0.687. The molecule has 0 bridgehead atoms. The topological polar surface area (TPSA) is 79.3 Å². The molecule has 6 heteroatoms. The van der Waals surface area contributed by atoms with Crippen molar-refractivity contribution in [1.82, 2.24) is 10.3 Å². The van der Waals surface area contributed by atoms with Crippen molar-refractivity contribution in [3.8, 4) is 0 Å². The number of nitrogens with one attached hydrogen (secondary N) is 1. The number of rotatable bonds is 5. The first kappa shape index (κ1) is 12.5. The fourth-order valence-corrected chi connectivity index (χ4v) is 1.40. The summed E-state index contributed by atoms with van der Waals surface area (Å²) in [5.41, 5.74) is 0.777. The lowest BCUT2D eigenvalue weighted by Gasteiger charge is -2.03. The highest BCUT2D eigenvalue weighted by Gasteiger charge is 2.04. The third kappa shape index (κ3) is 3.90. The number of carbonyl (C=O) groups excluding carboxylic acids is 1. The molecule has 0 fully saturated rings. The molecule has 16 heavy (non-hydrogen) atoms. The van der Waals surface area contributed by atoms with Crippen molar-refractivity contribution in [3.63, 3.8) is 0 Å². The van der Waals surface area contributed by atoms with Crippen LogP contribution < -0.4 is 5.32 Å². The summed E-state index contributed by atoms with van der Waals surface area (Å²) in [6.45, 7) is 0.367. The molecule has 0 spiro atoms. The Bertz CT molecular complexity index is 378. The van der Waals surface area contributed by atoms with E-state index >= 15 is 0 Å². The largest absolute Gasteiger partial charge is 0.477 e. The van der Waals surface area contributed by atoms with Gasteiger partial charge in [-0.05, 0) is 17.9 Å². The average Bonchev–Trinajstić information content (AvgIpc) is 2.27. The molecule has 0 aliphatic heterocycles. The normalized spacial score (nSPS) is 9.81. The number of aromatic nitrogens is 1. The van der Waals surface area contributed by atoms with E-state index in [1.54, 1.807) is 6.07 Å². The Balaban J connectivity index is 2.49. The molecule has 1 rings (SSSR count). The molecule has 86 valence electrons. The Hall–Kier alpha value is -1.56. The van der Waals surface area contributed by atoms with Gasteiger partial charge in [-0.3, -0.25) is 4.79 Å². The molecule has 0 atom stereocenters. The van der Waals surface area contributed by atoms with Gasteiger partial charge in [0.1, 0.15) is 5.69 Å². The number of amides is 1. The van der Waals surface area contributed by atoms with Gasteiger partial charge in [0.25, 0.3) is 0 Å². The number of hydrogen-bond acceptors (Lipinski definition) is 4. The van der Waals surface area contributed by atoms with Crippen LogP contribution in [0.3, 0.4) is 0 Å². The van der Waals surface area contributed by atoms with Crippen LogP contribution in [0.4, 0.5) is 0 Å². The first-order chi connectivity index (χ1) is 7.63. The summed E-state index contributed by atoms with van der Waals surface area (Å²) in [6.07, 6.45) is 3.30. The van der Waals surface area contributed by atoms with Crippen LogP contribution in [0.5, 0.6) is 0 Å². The van der Waals surface area contributed by atoms with Crippen LogP contribution >= 0.6 is 11.8 Å². The molecule has 0 aliphatic carbocycles. The second kappa shape index (κ2) is 6.12. The SMILES string of the molecule is CSCC(=O)NCc1ccc(C(=O)O)nc1. The Morgan fingerprint density at radius 1 is 1.50 bits per heavy atom. The zero-order valence-corrected chi connectivity index (χ0v) is 9.58. The fraction of sp³-hybridized carbons (Fsp3) is 0.300. The van der Waals surface area contributed by atoms with Crippen molar-refractivity contribution >= 4 is 23.6 Å². The minimum Gasteiger partial charge on any atom is -0.477 e. The number of pyridine rings is 1. The zero-order chi connectivity index (χ0) is 12.0. The number of aromatic carboxylic acids is 1. The predicted octanol–water partition coefficient (Wildman–Crippen LogP) is 0.759. The van der Waals surface area contributed by atoms with Crippen molar-refractivity contribution in [2.45, 2.75) is 6.54 Å². The van der Waals surface area contributed by atoms with Crippen LogP contribution in [0.25, 0.3) is 0 Å². The Kier molecular flexibility index (Phi) is 4.78. The molecule has 2 N–H and O–H groups in total. The number of thioether (sulfide) groups is 1. The number of nitrogens with zero attached hydrogens (tertiary/aromatic N) is 1. The van der Waals surface area contributed by atoms with Crippen LogP contribution in [-0.4, -0.2) is 34.0 Å². The van der Waals surface area contributed by atoms with E-state index in [0.29, 0.717) is 12.3 Å². The molecular weight excluding hydrogens is 228 g/mol. The van der Waals surface area contributed by atoms with E-state index in [1.807, 2.05) is 6.26 Å². The minimum atomic E-state index is -1.06. The van der Waals surface area contributed by atoms with Gasteiger partial charge in [-0.25, -0.2) is 9.78 Å². The van der Waals surface area contributed by atoms with Gasteiger partial charge < -0.3 is 10.4 Å². The fourth-order valence-electron chi connectivity index (χ4n) is 1.04. The van der Waals surface area contributed by atoms with Crippen LogP contribution in [0.2, 0.25) is 0 Å². The van der Waals surface area contributed by atoms with Gasteiger partial charge >= 0.3 is 5.97 Å². The van der Waals surface area contributed by atoms with Crippen LogP contribution in [0.1, 0.15) is 16.1 Å². The molecule has 0 saturated heterocycles. The third-order valence-corrected chi connectivity index (χ3v) is 2.36. The molecule has 0 unspecified atom stereocenters. The Morgan fingerprint density at radius 2 is 2.25 bits per heavy atom. The Morgan fingerprint density at radius 3 is 2.75 bits per heavy atom. The van der Waals surface area contributed by atoms with Crippen molar-refractivity contribution in [3.05, 3.63) is 29.6 Å². The second-order valence-corrected chi connectivity index (χ2v) is 3.93. The lowest BCUT2D eigenvalue weighted by molar-refractivity contribution is -0.118. The number of carbonyl (C=O) groups is 2. The van der Waals surface area contributed by atoms with Gasteiger partial charge in [-0.1, -0.05) is 6.07 Å². The quantitative estimate of drug-likeness (QED) is 0.794. The van der Waals surface area contributed by atoms with E-state index in [9.17, 15) is 9.59 Å². The minimum absolute atomic E-state index is 0.000750. The van der Waals surface area contributed by atoms with E-state index < -0.39 is 5.97 Å². The maximum Gasteiger partial charge on any atom is 0.354 e. The predicted molar refractivity (Wildman–Crippen MR) is 61.4 cm³/mol. The first-order valence-corrected chi connectivity index (χ1v) is 5.96. The van der Waals surface area contributed by atoms with Crippen LogP contribution in [0, 0.1) is 0 Å². The van der Waals surface area contributed by atoms with Crippen molar-refractivity contribution in [2.75, 3.05) is 12.0 Å². The van der Waals surface area contributed by atoms with E-state index in [4.69, 9.17) is 5.11 Å². The molecule has 1 aromatic rings. The summed E-state index contributed by atoms with van der Waals surface area (Å²) < 4.78 is 0. The highest BCUT2D eigenvalue weighted by molar-refractivity contribution is 7.99. The highest BCUT2D eigenvalue weighted by Crippen LogP contribution is 2.00. The van der Waals surface area contributed by atoms with E-state index in [0.717, 1.165) is 5.56 Å². The Labute approximate surface area is 97.3 Å². The van der Waals surface area contributed by atoms with Crippen molar-refractivity contribution in [2.24, 2.45) is 0 Å². The average molecular weight is 240 g/mol. The number of hydrogen-bond donors (Lipinski definition) is 2. The maximum absolute atomic E-state index is 11.1. The van der Waals surface area contributed by atoms with Crippen molar-refractivity contribution in [1.29, 1.82) is 0 Å². The summed E-state index contributed by atoms with van der Waals surface area (Å²) in [5, 5.41) is 11.3. The molecule has 5 nitrogen and oxygen atoms in total. The molecule has 0 aliphatic rings. The third-order valence-electron chi connectivity index (χ3n) is 1.81. The van der Waals surface area contributed by atoms with Crippen LogP contribution in [-0.2, 0) is 11.3 Å². The highest BCUT2D eigenvalue weighted by atomic mass is 32.2. The lowest BCUT2D eigenvalue weighted by atomic mass is 10.2. The molecule has 1 heterocycles. The summed E-state index contributed by atoms with van der Waals surface area (Å²) in [7, 11) is 0. The first-order valence-electron chi connectivity index (χ1n) is 4.57. The molecule has 1 amide bonds. The van der Waals surface area contributed by atoms with Gasteiger partial charge in [0.05, 0.1) is 5.75 Å².